The molecule has 2 aliphatic rings. The Kier molecular flexibility index (Phi) is 5.64. The lowest BCUT2D eigenvalue weighted by Gasteiger charge is -2.45. The topological polar surface area (TPSA) is 69.7 Å². The molecule has 1 unspecified atom stereocenters. The predicted octanol–water partition coefficient (Wildman–Crippen LogP) is 4.95. The van der Waals surface area contributed by atoms with E-state index in [9.17, 15) is 14.4 Å². The van der Waals surface area contributed by atoms with E-state index in [0.717, 1.165) is 34.4 Å². The maximum absolute atomic E-state index is 13.3. The molecule has 1 N–H and O–H groups in total. The number of hydrogen-bond donors (Lipinski definition) is 1. The van der Waals surface area contributed by atoms with Crippen LogP contribution < -0.4 is 15.1 Å². The first-order valence-corrected chi connectivity index (χ1v) is 11.4. The number of urea groups is 1. The van der Waals surface area contributed by atoms with Crippen molar-refractivity contribution in [3.63, 3.8) is 0 Å². The summed E-state index contributed by atoms with van der Waals surface area (Å²) in [6, 6.07) is 10.7. The third-order valence-electron chi connectivity index (χ3n) is 7.03. The molecule has 2 aromatic carbocycles. The Morgan fingerprint density at radius 1 is 1.12 bits per heavy atom. The standard InChI is InChI=1S/C27H31N3O3/c1-7-18-8-10-20(11-9-18)30-25(32)22(24(31)28-26(30)33)14-19-13-21-17(3)15-27(4,5)29(6)23(21)12-16(19)2/h8-14,17H,7,15H2,1-6H3,(H,28,31,33)/b22-14+. The molecular weight excluding hydrogens is 414 g/mol. The number of anilines is 2. The van der Waals surface area contributed by atoms with Crippen LogP contribution in [0.1, 0.15) is 62.3 Å². The van der Waals surface area contributed by atoms with Gasteiger partial charge in [-0.25, -0.2) is 9.69 Å². The number of carbonyl (C=O) groups is 3. The molecule has 1 atom stereocenters. The summed E-state index contributed by atoms with van der Waals surface area (Å²) in [5, 5.41) is 2.32. The molecule has 0 aromatic heterocycles. The number of nitrogens with zero attached hydrogens (tertiary/aromatic N) is 2. The Hall–Kier alpha value is -3.41. The summed E-state index contributed by atoms with van der Waals surface area (Å²) >= 11 is 0. The highest BCUT2D eigenvalue weighted by Gasteiger charge is 2.38. The quantitative estimate of drug-likeness (QED) is 0.536. The van der Waals surface area contributed by atoms with E-state index in [-0.39, 0.29) is 11.1 Å². The lowest BCUT2D eigenvalue weighted by atomic mass is 9.79. The van der Waals surface area contributed by atoms with Gasteiger partial charge in [-0.2, -0.15) is 0 Å². The molecule has 6 nitrogen and oxygen atoms in total. The van der Waals surface area contributed by atoms with Gasteiger partial charge in [-0.3, -0.25) is 14.9 Å². The maximum atomic E-state index is 13.3. The van der Waals surface area contributed by atoms with Gasteiger partial charge in [0.2, 0.25) is 0 Å². The molecule has 2 aliphatic heterocycles. The fourth-order valence-electron chi connectivity index (χ4n) is 4.82. The Bertz CT molecular complexity index is 1180. The molecule has 0 spiro atoms. The normalized spacial score (nSPS) is 21.3. The summed E-state index contributed by atoms with van der Waals surface area (Å²) in [5.74, 6) is -0.943. The van der Waals surface area contributed by atoms with E-state index in [1.165, 1.54) is 11.3 Å². The smallest absolute Gasteiger partial charge is 0.335 e. The van der Waals surface area contributed by atoms with Crippen molar-refractivity contribution < 1.29 is 14.4 Å². The summed E-state index contributed by atoms with van der Waals surface area (Å²) in [5.41, 5.74) is 5.68. The van der Waals surface area contributed by atoms with Gasteiger partial charge in [0.25, 0.3) is 11.8 Å². The van der Waals surface area contributed by atoms with Crippen molar-refractivity contribution >= 4 is 35.3 Å². The van der Waals surface area contributed by atoms with Crippen LogP contribution >= 0.6 is 0 Å². The molecule has 0 bridgehead atoms. The van der Waals surface area contributed by atoms with Gasteiger partial charge in [-0.15, -0.1) is 0 Å². The van der Waals surface area contributed by atoms with Crippen molar-refractivity contribution in [1.29, 1.82) is 0 Å². The first-order chi connectivity index (χ1) is 15.5. The van der Waals surface area contributed by atoms with Crippen LogP contribution in [0.4, 0.5) is 16.2 Å². The van der Waals surface area contributed by atoms with Crippen LogP contribution in [0.3, 0.4) is 0 Å². The number of rotatable bonds is 3. The number of carbonyl (C=O) groups excluding carboxylic acids is 3. The molecule has 172 valence electrons. The number of benzene rings is 2. The summed E-state index contributed by atoms with van der Waals surface area (Å²) in [6.45, 7) is 10.7. The van der Waals surface area contributed by atoms with Gasteiger partial charge in [-0.05, 0) is 92.1 Å². The van der Waals surface area contributed by atoms with E-state index >= 15 is 0 Å². The highest BCUT2D eigenvalue weighted by atomic mass is 16.2. The van der Waals surface area contributed by atoms with Crippen LogP contribution in [0.2, 0.25) is 0 Å². The Morgan fingerprint density at radius 3 is 2.42 bits per heavy atom. The van der Waals surface area contributed by atoms with Gasteiger partial charge in [0.15, 0.2) is 0 Å². The number of hydrogen-bond acceptors (Lipinski definition) is 4. The van der Waals surface area contributed by atoms with Gasteiger partial charge in [0, 0.05) is 18.3 Å². The molecule has 0 radical (unpaired) electrons. The highest BCUT2D eigenvalue weighted by molar-refractivity contribution is 6.39. The molecule has 4 rings (SSSR count). The van der Waals surface area contributed by atoms with Crippen LogP contribution in [0.5, 0.6) is 0 Å². The second kappa shape index (κ2) is 8.18. The Labute approximate surface area is 195 Å². The number of barbiturate groups is 1. The van der Waals surface area contributed by atoms with Crippen molar-refractivity contribution in [2.75, 3.05) is 16.8 Å². The van der Waals surface area contributed by atoms with Crippen molar-refractivity contribution in [3.05, 3.63) is 64.2 Å². The van der Waals surface area contributed by atoms with Crippen molar-refractivity contribution in [1.82, 2.24) is 5.32 Å². The van der Waals surface area contributed by atoms with Gasteiger partial charge < -0.3 is 4.90 Å². The van der Waals surface area contributed by atoms with E-state index in [4.69, 9.17) is 0 Å². The minimum absolute atomic E-state index is 0.0469. The van der Waals surface area contributed by atoms with Gasteiger partial charge in [0.1, 0.15) is 5.57 Å². The summed E-state index contributed by atoms with van der Waals surface area (Å²) in [4.78, 5) is 41.7. The first kappa shape index (κ1) is 22.8. The molecule has 1 fully saturated rings. The largest absolute Gasteiger partial charge is 0.369 e. The highest BCUT2D eigenvalue weighted by Crippen LogP contribution is 2.43. The first-order valence-electron chi connectivity index (χ1n) is 11.4. The van der Waals surface area contributed by atoms with Crippen LogP contribution in [0.15, 0.2) is 42.0 Å². The fourth-order valence-corrected chi connectivity index (χ4v) is 4.82. The molecule has 2 aromatic rings. The second-order valence-corrected chi connectivity index (χ2v) is 9.72. The number of aryl methyl sites for hydroxylation is 2. The molecule has 33 heavy (non-hydrogen) atoms. The zero-order valence-corrected chi connectivity index (χ0v) is 20.2. The van der Waals surface area contributed by atoms with Crippen LogP contribution in [0, 0.1) is 6.92 Å². The number of imide groups is 2. The molecule has 2 heterocycles. The lowest BCUT2D eigenvalue weighted by molar-refractivity contribution is -0.122. The SMILES string of the molecule is CCc1ccc(N2C(=O)NC(=O)/C(=C\c3cc4c(cc3C)N(C)C(C)(C)CC4C)C2=O)cc1. The zero-order chi connectivity index (χ0) is 24.1. The van der Waals surface area contributed by atoms with E-state index in [1.807, 2.05) is 26.0 Å². The monoisotopic (exact) mass is 445 g/mol. The van der Waals surface area contributed by atoms with Gasteiger partial charge in [-0.1, -0.05) is 26.0 Å². The fraction of sp³-hybridized carbons (Fsp3) is 0.370. The molecule has 4 amide bonds. The van der Waals surface area contributed by atoms with Crippen molar-refractivity contribution in [3.8, 4) is 0 Å². The molecule has 0 aliphatic carbocycles. The number of amides is 4. The third kappa shape index (κ3) is 3.94. The van der Waals surface area contributed by atoms with Crippen molar-refractivity contribution in [2.45, 2.75) is 58.9 Å². The Balaban J connectivity index is 1.75. The van der Waals surface area contributed by atoms with Gasteiger partial charge >= 0.3 is 6.03 Å². The van der Waals surface area contributed by atoms with Crippen LogP contribution in [-0.2, 0) is 16.0 Å². The summed E-state index contributed by atoms with van der Waals surface area (Å²) in [6.07, 6.45) is 3.47. The lowest BCUT2D eigenvalue weighted by Crippen LogP contribution is -2.54. The van der Waals surface area contributed by atoms with E-state index < -0.39 is 17.8 Å². The maximum Gasteiger partial charge on any atom is 0.335 e. The molecule has 6 heteroatoms. The minimum atomic E-state index is -0.731. The number of nitrogens with one attached hydrogen (secondary N) is 1. The average molecular weight is 446 g/mol. The molecule has 0 saturated carbocycles. The Morgan fingerprint density at radius 2 is 1.79 bits per heavy atom. The minimum Gasteiger partial charge on any atom is -0.369 e. The summed E-state index contributed by atoms with van der Waals surface area (Å²) in [7, 11) is 2.10. The summed E-state index contributed by atoms with van der Waals surface area (Å²) < 4.78 is 0. The van der Waals surface area contributed by atoms with Crippen molar-refractivity contribution in [2.24, 2.45) is 0 Å². The van der Waals surface area contributed by atoms with Gasteiger partial charge in [0.05, 0.1) is 5.69 Å². The average Bonchev–Trinajstić information content (AvgIpc) is 2.75. The van der Waals surface area contributed by atoms with E-state index in [1.54, 1.807) is 18.2 Å². The third-order valence-corrected chi connectivity index (χ3v) is 7.03. The molecular formula is C27H31N3O3. The predicted molar refractivity (Wildman–Crippen MR) is 132 cm³/mol. The zero-order valence-electron chi connectivity index (χ0n) is 20.2. The second-order valence-electron chi connectivity index (χ2n) is 9.72. The van der Waals surface area contributed by atoms with E-state index in [2.05, 4.69) is 50.2 Å². The van der Waals surface area contributed by atoms with Crippen LogP contribution in [0.25, 0.3) is 6.08 Å². The molecule has 1 saturated heterocycles. The number of fused-ring (bicyclic) bond motifs is 1. The van der Waals surface area contributed by atoms with E-state index in [0.29, 0.717) is 11.6 Å². The van der Waals surface area contributed by atoms with Crippen LogP contribution in [-0.4, -0.2) is 30.4 Å².